The summed E-state index contributed by atoms with van der Waals surface area (Å²) in [5, 5.41) is 20.1. The maximum Gasteiger partial charge on any atom is 0.243 e. The summed E-state index contributed by atoms with van der Waals surface area (Å²) in [6, 6.07) is 2.09. The highest BCUT2D eigenvalue weighted by Crippen LogP contribution is 2.27. The van der Waals surface area contributed by atoms with Crippen LogP contribution in [0.25, 0.3) is 10.9 Å². The van der Waals surface area contributed by atoms with Gasteiger partial charge in [0.1, 0.15) is 23.3 Å². The number of aromatic nitrogens is 2. The molecule has 218 valence electrons. The molecule has 1 saturated carbocycles. The van der Waals surface area contributed by atoms with Crippen molar-refractivity contribution in [2.24, 2.45) is 0 Å². The first-order chi connectivity index (χ1) is 18.8. The summed E-state index contributed by atoms with van der Waals surface area (Å²) in [6.07, 6.45) is 23.6. The Morgan fingerprint density at radius 1 is 1.21 bits per heavy atom. The zero-order chi connectivity index (χ0) is 30.5. The number of rotatable bonds is 6. The monoisotopic (exact) mass is 552 g/mol. The first-order valence-electron chi connectivity index (χ1n) is 12.7. The molecule has 1 aromatic carbocycles. The van der Waals surface area contributed by atoms with E-state index in [1.165, 1.54) is 23.6 Å². The van der Waals surface area contributed by atoms with Crippen LogP contribution in [0.3, 0.4) is 0 Å². The number of amides is 1. The molecular formula is C28H43F3N6O2. The first-order valence-corrected chi connectivity index (χ1v) is 12.7. The summed E-state index contributed by atoms with van der Waals surface area (Å²) in [5.41, 5.74) is 2.89. The highest BCUT2D eigenvalue weighted by atomic mass is 19.1. The molecule has 1 aliphatic carbocycles. The molecule has 4 rings (SSSR count). The lowest BCUT2D eigenvalue weighted by Gasteiger charge is -2.20. The van der Waals surface area contributed by atoms with Gasteiger partial charge in [0, 0.05) is 24.5 Å². The van der Waals surface area contributed by atoms with Gasteiger partial charge in [-0.05, 0) is 45.1 Å². The lowest BCUT2D eigenvalue weighted by atomic mass is 10.1. The molecule has 0 bridgehead atoms. The van der Waals surface area contributed by atoms with Crippen LogP contribution >= 0.6 is 0 Å². The van der Waals surface area contributed by atoms with Gasteiger partial charge in [-0.2, -0.15) is 0 Å². The number of nitrogens with one attached hydrogen (secondary N) is 3. The van der Waals surface area contributed by atoms with Crippen molar-refractivity contribution in [3.63, 3.8) is 0 Å². The van der Waals surface area contributed by atoms with Gasteiger partial charge in [-0.15, -0.1) is 25.7 Å². The van der Waals surface area contributed by atoms with E-state index in [9.17, 15) is 18.0 Å². The number of carbonyl (C=O) groups is 1. The van der Waals surface area contributed by atoms with Gasteiger partial charge in [0.25, 0.3) is 0 Å². The van der Waals surface area contributed by atoms with Crippen molar-refractivity contribution >= 4 is 23.1 Å². The fourth-order valence-electron chi connectivity index (χ4n) is 3.83. The van der Waals surface area contributed by atoms with E-state index in [2.05, 4.69) is 41.4 Å². The third kappa shape index (κ3) is 11.7. The Morgan fingerprint density at radius 3 is 2.26 bits per heavy atom. The van der Waals surface area contributed by atoms with E-state index in [1.54, 1.807) is 11.9 Å². The Bertz CT molecular complexity index is 1060. The molecule has 1 unspecified atom stereocenters. The lowest BCUT2D eigenvalue weighted by molar-refractivity contribution is -0.118. The third-order valence-electron chi connectivity index (χ3n) is 5.83. The average Bonchev–Trinajstić information content (AvgIpc) is 3.63. The van der Waals surface area contributed by atoms with Crippen LogP contribution < -0.4 is 16.4 Å². The summed E-state index contributed by atoms with van der Waals surface area (Å²) in [6.45, 7) is 5.97. The quantitative estimate of drug-likeness (QED) is 0.305. The summed E-state index contributed by atoms with van der Waals surface area (Å²) >= 11 is 0. The van der Waals surface area contributed by atoms with Crippen LogP contribution in [0, 0.1) is 42.7 Å². The Kier molecular flexibility index (Phi) is 20.4. The topological polar surface area (TPSA) is 106 Å². The average molecular weight is 553 g/mol. The third-order valence-corrected chi connectivity index (χ3v) is 5.83. The number of hydrogen-bond acceptors (Lipinski definition) is 6. The molecule has 1 aliphatic heterocycles. The minimum atomic E-state index is -0.789. The van der Waals surface area contributed by atoms with Gasteiger partial charge in [-0.1, -0.05) is 26.7 Å². The highest BCUT2D eigenvalue weighted by Gasteiger charge is 2.24. The molecule has 39 heavy (non-hydrogen) atoms. The van der Waals surface area contributed by atoms with E-state index in [-0.39, 0.29) is 34.8 Å². The number of aliphatic hydroxyl groups excluding tert-OH is 1. The Labute approximate surface area is 230 Å². The van der Waals surface area contributed by atoms with Crippen molar-refractivity contribution in [3.8, 4) is 25.7 Å². The molecule has 0 radical (unpaired) electrons. The zero-order valence-electron chi connectivity index (χ0n) is 23.6. The van der Waals surface area contributed by atoms with Gasteiger partial charge in [0.15, 0.2) is 5.82 Å². The van der Waals surface area contributed by atoms with Gasteiger partial charge in [-0.25, -0.2) is 18.4 Å². The van der Waals surface area contributed by atoms with Crippen molar-refractivity contribution < 1.29 is 23.1 Å². The minimum absolute atomic E-state index is 0.0335. The van der Waals surface area contributed by atoms with Crippen molar-refractivity contribution in [2.45, 2.75) is 84.0 Å². The Hall–Kier alpha value is -3.70. The number of benzene rings is 1. The summed E-state index contributed by atoms with van der Waals surface area (Å²) in [4.78, 5) is 16.3. The predicted molar refractivity (Wildman–Crippen MR) is 152 cm³/mol. The van der Waals surface area contributed by atoms with E-state index in [4.69, 9.17) is 10.5 Å². The molecule has 11 heteroatoms. The summed E-state index contributed by atoms with van der Waals surface area (Å²) in [5.74, 6) is -1.05. The van der Waals surface area contributed by atoms with Crippen LogP contribution in [-0.4, -0.2) is 58.6 Å². The fraction of sp³-hybridized carbons (Fsp3) is 0.536. The molecule has 0 saturated heterocycles. The van der Waals surface area contributed by atoms with Crippen LogP contribution in [0.2, 0.25) is 0 Å². The van der Waals surface area contributed by atoms with Crippen LogP contribution in [0.15, 0.2) is 12.1 Å². The van der Waals surface area contributed by atoms with Crippen molar-refractivity contribution in [2.75, 3.05) is 25.0 Å². The molecule has 1 fully saturated rings. The van der Waals surface area contributed by atoms with Crippen molar-refractivity contribution in [1.29, 1.82) is 5.41 Å². The molecule has 4 N–H and O–H groups in total. The molecule has 2 aromatic rings. The van der Waals surface area contributed by atoms with Gasteiger partial charge in [0.2, 0.25) is 12.0 Å². The molecule has 0 spiro atoms. The van der Waals surface area contributed by atoms with Crippen molar-refractivity contribution in [3.05, 3.63) is 29.4 Å². The first kappa shape index (κ1) is 37.5. The van der Waals surface area contributed by atoms with E-state index in [0.717, 1.165) is 44.6 Å². The second-order valence-corrected chi connectivity index (χ2v) is 8.22. The second kappa shape index (κ2) is 21.3. The Balaban J connectivity index is 0. The summed E-state index contributed by atoms with van der Waals surface area (Å²) in [7, 11) is 2.24. The van der Waals surface area contributed by atoms with Crippen LogP contribution in [-0.2, 0) is 4.79 Å². The number of alkyl halides is 1. The maximum atomic E-state index is 13.9. The molecule has 1 aromatic heterocycles. The van der Waals surface area contributed by atoms with E-state index >= 15 is 0 Å². The number of fused-ring (bicyclic) bond motifs is 3. The van der Waals surface area contributed by atoms with E-state index < -0.39 is 11.6 Å². The Morgan fingerprint density at radius 2 is 1.77 bits per heavy atom. The number of aliphatic hydroxyl groups is 1. The second-order valence-electron chi connectivity index (χ2n) is 8.22. The normalized spacial score (nSPS) is 15.2. The number of nitrogens with zero attached hydrogens (tertiary/aromatic N) is 3. The number of hydrogen-bond donors (Lipinski definition) is 4. The van der Waals surface area contributed by atoms with Gasteiger partial charge >= 0.3 is 0 Å². The van der Waals surface area contributed by atoms with Crippen LogP contribution in [0.1, 0.15) is 65.7 Å². The molecular weight excluding hydrogens is 509 g/mol. The molecule has 2 heterocycles. The SMILES string of the molecule is C#C.C#C.CC.CF.C[C@@H](CCCC1Nc2c3cc(F)cc(F)c3nc(=N)n2N1)N(C)C=O.OC1CCCC1. The molecule has 2 aliphatic rings. The highest BCUT2D eigenvalue weighted by molar-refractivity contribution is 5.90. The van der Waals surface area contributed by atoms with Crippen LogP contribution in [0.4, 0.5) is 19.0 Å². The molecule has 1 amide bonds. The lowest BCUT2D eigenvalue weighted by Crippen LogP contribution is -2.32. The predicted octanol–water partition coefficient (Wildman–Crippen LogP) is 4.77. The number of terminal acetylenes is 2. The maximum absolute atomic E-state index is 13.9. The number of carbonyl (C=O) groups excluding carboxylic acids is 1. The van der Waals surface area contributed by atoms with E-state index in [1.807, 2.05) is 20.8 Å². The zero-order valence-corrected chi connectivity index (χ0v) is 23.6. The smallest absolute Gasteiger partial charge is 0.243 e. The van der Waals surface area contributed by atoms with Crippen molar-refractivity contribution in [1.82, 2.24) is 14.6 Å². The minimum Gasteiger partial charge on any atom is -0.393 e. The molecule has 2 atom stereocenters. The fourth-order valence-corrected chi connectivity index (χ4v) is 3.83. The largest absolute Gasteiger partial charge is 0.393 e. The standard InChI is InChI=1S/C16H20F2N6O.C5H10O.C2H6.2C2H2.CH3F/c1-9(23(2)8-25)4-3-5-13-20-15-11-6-10(17)7-12(18)14(11)21-16(19)24(15)22-13;6-5-3-1-2-4-5;4*1-2/h6-9,13,19-20,22H,3-5H2,1-2H3;5-6H,1-4H2;1-2H3;2*1-2H;1H3/t9-,13?;;;;;/m0...../s1. The van der Waals surface area contributed by atoms with Crippen LogP contribution in [0.5, 0.6) is 0 Å². The molecule has 8 nitrogen and oxygen atoms in total. The summed E-state index contributed by atoms with van der Waals surface area (Å²) < 4.78 is 38.4. The van der Waals surface area contributed by atoms with Gasteiger partial charge in [-0.3, -0.25) is 20.0 Å². The number of halogens is 3. The van der Waals surface area contributed by atoms with Gasteiger partial charge < -0.3 is 15.3 Å². The van der Waals surface area contributed by atoms with E-state index in [0.29, 0.717) is 13.0 Å². The van der Waals surface area contributed by atoms with Gasteiger partial charge in [0.05, 0.1) is 13.3 Å². The number of anilines is 1.